The molecule has 0 spiro atoms. The predicted molar refractivity (Wildman–Crippen MR) is 177 cm³/mol. The zero-order chi connectivity index (χ0) is 33.5. The lowest BCUT2D eigenvalue weighted by atomic mass is 9.64. The van der Waals surface area contributed by atoms with Crippen LogP contribution in [0.25, 0.3) is 0 Å². The van der Waals surface area contributed by atoms with E-state index in [0.29, 0.717) is 55.2 Å². The van der Waals surface area contributed by atoms with Gasteiger partial charge in [-0.25, -0.2) is 5.10 Å². The van der Waals surface area contributed by atoms with E-state index >= 15 is 0 Å². The SMILES string of the molecule is CCNC(=O)c1ccc2c(c1)CCc1cc(C(=O)NCC)ccc1C2(CC1(NCC(=O)N2[C@H](C#N)C[C@@H]3C[C@@H]32)CCCC1)c1nnn[nH]1. The Morgan fingerprint density at radius 2 is 1.58 bits per heavy atom. The van der Waals surface area contributed by atoms with Gasteiger partial charge in [-0.15, -0.1) is 5.10 Å². The number of rotatable bonds is 10. The minimum absolute atomic E-state index is 0.0203. The number of tetrazole rings is 1. The minimum Gasteiger partial charge on any atom is -0.352 e. The van der Waals surface area contributed by atoms with Gasteiger partial charge in [-0.1, -0.05) is 25.0 Å². The zero-order valence-electron chi connectivity index (χ0n) is 27.6. The number of nitriles is 1. The maximum Gasteiger partial charge on any atom is 0.251 e. The van der Waals surface area contributed by atoms with Crippen molar-refractivity contribution in [2.45, 2.75) is 94.7 Å². The van der Waals surface area contributed by atoms with Crippen LogP contribution < -0.4 is 16.0 Å². The summed E-state index contributed by atoms with van der Waals surface area (Å²) in [6.45, 7) is 5.01. The number of amides is 3. The minimum atomic E-state index is -0.880. The fourth-order valence-electron chi connectivity index (χ4n) is 8.79. The molecule has 1 aromatic heterocycles. The summed E-state index contributed by atoms with van der Waals surface area (Å²) in [5.74, 6) is 0.750. The van der Waals surface area contributed by atoms with Gasteiger partial charge in [0.2, 0.25) is 5.91 Å². The maximum absolute atomic E-state index is 13.7. The third-order valence-electron chi connectivity index (χ3n) is 11.1. The van der Waals surface area contributed by atoms with Gasteiger partial charge in [0.15, 0.2) is 5.82 Å². The van der Waals surface area contributed by atoms with Gasteiger partial charge in [-0.05, 0) is 122 Å². The van der Waals surface area contributed by atoms with Gasteiger partial charge >= 0.3 is 0 Å². The highest BCUT2D eigenvalue weighted by Crippen LogP contribution is 2.52. The molecule has 2 heterocycles. The third kappa shape index (κ3) is 5.53. The first kappa shape index (κ1) is 31.9. The van der Waals surface area contributed by atoms with Gasteiger partial charge < -0.3 is 20.9 Å². The molecule has 2 aromatic carbocycles. The van der Waals surface area contributed by atoms with Gasteiger partial charge in [0.25, 0.3) is 11.8 Å². The number of hydrogen-bond acceptors (Lipinski definition) is 8. The Labute approximate surface area is 280 Å². The molecule has 1 aliphatic heterocycles. The summed E-state index contributed by atoms with van der Waals surface area (Å²) in [5.41, 5.74) is 3.89. The number of carbonyl (C=O) groups excluding carboxylic acids is 3. The van der Waals surface area contributed by atoms with E-state index in [1.807, 2.05) is 55.1 Å². The lowest BCUT2D eigenvalue weighted by Gasteiger charge is -2.43. The monoisotopic (exact) mass is 649 g/mol. The molecule has 0 unspecified atom stereocenters. The lowest BCUT2D eigenvalue weighted by Crippen LogP contribution is -2.53. The van der Waals surface area contributed by atoms with Crippen LogP contribution >= 0.6 is 0 Å². The van der Waals surface area contributed by atoms with Crippen molar-refractivity contribution in [3.8, 4) is 6.07 Å². The van der Waals surface area contributed by atoms with Crippen molar-refractivity contribution >= 4 is 17.7 Å². The summed E-state index contributed by atoms with van der Waals surface area (Å²) >= 11 is 0. The molecule has 4 aliphatic rings. The van der Waals surface area contributed by atoms with E-state index < -0.39 is 11.0 Å². The average Bonchev–Trinajstić information content (AvgIpc) is 3.45. The van der Waals surface area contributed by atoms with E-state index in [0.717, 1.165) is 60.8 Å². The van der Waals surface area contributed by atoms with E-state index in [2.05, 4.69) is 42.6 Å². The molecule has 2 saturated carbocycles. The van der Waals surface area contributed by atoms with Crippen molar-refractivity contribution in [3.63, 3.8) is 0 Å². The second kappa shape index (κ2) is 12.8. The Hall–Kier alpha value is -4.63. The highest BCUT2D eigenvalue weighted by Gasteiger charge is 2.55. The van der Waals surface area contributed by atoms with Gasteiger partial charge in [0, 0.05) is 35.8 Å². The molecule has 1 saturated heterocycles. The van der Waals surface area contributed by atoms with E-state index in [9.17, 15) is 19.6 Å². The number of carbonyl (C=O) groups is 3. The van der Waals surface area contributed by atoms with Crippen molar-refractivity contribution in [2.24, 2.45) is 5.92 Å². The lowest BCUT2D eigenvalue weighted by molar-refractivity contribution is -0.131. The largest absolute Gasteiger partial charge is 0.352 e. The number of aromatic amines is 1. The van der Waals surface area contributed by atoms with Crippen LogP contribution in [0.1, 0.15) is 108 Å². The summed E-state index contributed by atoms with van der Waals surface area (Å²) in [4.78, 5) is 41.5. The highest BCUT2D eigenvalue weighted by atomic mass is 16.2. The predicted octanol–water partition coefficient (Wildman–Crippen LogP) is 2.94. The number of hydrogen-bond donors (Lipinski definition) is 4. The number of H-pyrrole nitrogens is 1. The van der Waals surface area contributed by atoms with Crippen molar-refractivity contribution in [3.05, 3.63) is 75.6 Å². The van der Waals surface area contributed by atoms with Crippen LogP contribution in [0.2, 0.25) is 0 Å². The quantitative estimate of drug-likeness (QED) is 0.260. The van der Waals surface area contributed by atoms with Gasteiger partial charge in [0.05, 0.1) is 18.0 Å². The Morgan fingerprint density at radius 1 is 0.958 bits per heavy atom. The number of likely N-dealkylation sites (tertiary alicyclic amines) is 1. The number of nitrogens with zero attached hydrogens (tertiary/aromatic N) is 5. The first-order valence-corrected chi connectivity index (χ1v) is 17.4. The third-order valence-corrected chi connectivity index (χ3v) is 11.1. The molecule has 12 heteroatoms. The number of aromatic nitrogens is 4. The fraction of sp³-hybridized carbons (Fsp3) is 0.528. The van der Waals surface area contributed by atoms with Crippen molar-refractivity contribution in [2.75, 3.05) is 19.6 Å². The van der Waals surface area contributed by atoms with E-state index in [1.54, 1.807) is 0 Å². The van der Waals surface area contributed by atoms with Crippen LogP contribution in [0.3, 0.4) is 0 Å². The van der Waals surface area contributed by atoms with E-state index in [4.69, 9.17) is 0 Å². The van der Waals surface area contributed by atoms with Crippen LogP contribution in [-0.4, -0.2) is 80.5 Å². The van der Waals surface area contributed by atoms with Crippen LogP contribution in [-0.2, 0) is 23.1 Å². The Kier molecular flexibility index (Phi) is 8.50. The molecule has 3 aliphatic carbocycles. The molecular weight excluding hydrogens is 606 g/mol. The maximum atomic E-state index is 13.7. The Morgan fingerprint density at radius 3 is 2.12 bits per heavy atom. The Balaban J connectivity index is 1.34. The molecule has 0 bridgehead atoms. The topological polar surface area (TPSA) is 169 Å². The van der Waals surface area contributed by atoms with Gasteiger partial charge in [-0.3, -0.25) is 14.4 Å². The molecule has 0 radical (unpaired) electrons. The average molecular weight is 650 g/mol. The van der Waals surface area contributed by atoms with Crippen molar-refractivity contribution in [1.29, 1.82) is 5.26 Å². The van der Waals surface area contributed by atoms with Crippen LogP contribution in [0, 0.1) is 17.2 Å². The molecule has 7 rings (SSSR count). The normalized spacial score (nSPS) is 22.9. The molecule has 3 atom stereocenters. The molecule has 3 amide bonds. The van der Waals surface area contributed by atoms with Gasteiger partial charge in [-0.2, -0.15) is 5.26 Å². The summed E-state index contributed by atoms with van der Waals surface area (Å²) in [6, 6.07) is 14.0. The first-order valence-electron chi connectivity index (χ1n) is 17.4. The van der Waals surface area contributed by atoms with Crippen LogP contribution in [0.4, 0.5) is 0 Å². The van der Waals surface area contributed by atoms with E-state index in [1.165, 1.54) is 0 Å². The number of aryl methyl sites for hydroxylation is 2. The number of fused-ring (bicyclic) bond motifs is 3. The van der Waals surface area contributed by atoms with Crippen LogP contribution in [0.5, 0.6) is 0 Å². The second-order valence-electron chi connectivity index (χ2n) is 13.9. The first-order chi connectivity index (χ1) is 23.3. The molecule has 4 N–H and O–H groups in total. The second-order valence-corrected chi connectivity index (χ2v) is 13.9. The zero-order valence-corrected chi connectivity index (χ0v) is 27.6. The number of benzene rings is 2. The molecule has 3 fully saturated rings. The molecule has 48 heavy (non-hydrogen) atoms. The van der Waals surface area contributed by atoms with Crippen LogP contribution in [0.15, 0.2) is 36.4 Å². The summed E-state index contributed by atoms with van der Waals surface area (Å²) in [5, 5.41) is 35.2. The molecular formula is C36H43N9O3. The number of nitrogens with one attached hydrogen (secondary N) is 4. The molecule has 12 nitrogen and oxygen atoms in total. The summed E-state index contributed by atoms with van der Waals surface area (Å²) < 4.78 is 0. The fourth-order valence-corrected chi connectivity index (χ4v) is 8.79. The summed E-state index contributed by atoms with van der Waals surface area (Å²) in [6.07, 6.45) is 7.35. The highest BCUT2D eigenvalue weighted by molar-refractivity contribution is 5.95. The molecule has 3 aromatic rings. The standard InChI is InChI=1S/C36H43N9O3/c1-3-38-32(47)24-9-11-28-22(15-24)7-8-23-16-25(33(48)39-4-2)10-12-29(23)36(28,34-41-43-44-42-34)21-35(13-5-6-14-35)40-20-31(46)45-27(19-37)17-26-18-30(26)45/h9-12,15-16,26-27,30,40H,3-8,13-14,17-18,20-21H2,1-2H3,(H,38,47)(H,39,48)(H,41,42,43,44)/t26-,27+,30+/m1/s1. The van der Waals surface area contributed by atoms with Gasteiger partial charge in [0.1, 0.15) is 6.04 Å². The Bertz CT molecular complexity index is 1690. The van der Waals surface area contributed by atoms with Crippen molar-refractivity contribution < 1.29 is 14.4 Å². The summed E-state index contributed by atoms with van der Waals surface area (Å²) in [7, 11) is 0. The van der Waals surface area contributed by atoms with Crippen molar-refractivity contribution in [1.82, 2.24) is 41.5 Å². The van der Waals surface area contributed by atoms with E-state index in [-0.39, 0.29) is 36.3 Å². The number of piperidine rings is 1. The molecule has 250 valence electrons. The smallest absolute Gasteiger partial charge is 0.251 e.